The van der Waals surface area contributed by atoms with Crippen molar-refractivity contribution in [1.29, 1.82) is 0 Å². The summed E-state index contributed by atoms with van der Waals surface area (Å²) in [5.74, 6) is -0.406. The number of carbonyl (C=O) groups excluding carboxylic acids is 2. The minimum absolute atomic E-state index is 0.0190. The highest BCUT2D eigenvalue weighted by atomic mass is 32.1. The Morgan fingerprint density at radius 3 is 3.12 bits per heavy atom. The normalized spacial score (nSPS) is 19.6. The molecule has 2 rings (SSSR count). The summed E-state index contributed by atoms with van der Waals surface area (Å²) in [6, 6.07) is -0.0452. The molecule has 0 bridgehead atoms. The number of aryl methyl sites for hydroxylation is 1. The summed E-state index contributed by atoms with van der Waals surface area (Å²) in [6.07, 6.45) is 1.24. The Kier molecular flexibility index (Phi) is 3.19. The third kappa shape index (κ3) is 2.57. The lowest BCUT2D eigenvalue weighted by Gasteiger charge is -2.09. The first kappa shape index (κ1) is 11.1. The van der Waals surface area contributed by atoms with Gasteiger partial charge in [0, 0.05) is 11.8 Å². The van der Waals surface area contributed by atoms with Crippen molar-refractivity contribution in [1.82, 2.24) is 10.3 Å². The third-order valence-electron chi connectivity index (χ3n) is 2.33. The Morgan fingerprint density at radius 1 is 1.75 bits per heavy atom. The van der Waals surface area contributed by atoms with Gasteiger partial charge in [-0.2, -0.15) is 0 Å². The number of esters is 1. The molecule has 1 fully saturated rings. The zero-order valence-electron chi connectivity index (χ0n) is 8.86. The largest absolute Gasteiger partial charge is 0.459 e. The number of amides is 1. The van der Waals surface area contributed by atoms with Crippen molar-refractivity contribution in [3.63, 3.8) is 0 Å². The topological polar surface area (TPSA) is 68.3 Å². The summed E-state index contributed by atoms with van der Waals surface area (Å²) in [7, 11) is 0. The smallest absolute Gasteiger partial charge is 0.357 e. The van der Waals surface area contributed by atoms with Crippen molar-refractivity contribution >= 4 is 23.2 Å². The van der Waals surface area contributed by atoms with E-state index in [0.29, 0.717) is 12.1 Å². The van der Waals surface area contributed by atoms with Crippen molar-refractivity contribution in [2.45, 2.75) is 25.8 Å². The van der Waals surface area contributed by atoms with Gasteiger partial charge in [0.1, 0.15) is 6.61 Å². The van der Waals surface area contributed by atoms with Gasteiger partial charge in [0.2, 0.25) is 5.91 Å². The monoisotopic (exact) mass is 240 g/mol. The number of rotatable bonds is 3. The highest BCUT2D eigenvalue weighted by Gasteiger charge is 2.22. The second kappa shape index (κ2) is 4.61. The van der Waals surface area contributed by atoms with Gasteiger partial charge in [0.05, 0.1) is 11.0 Å². The number of hydrogen-bond donors (Lipinski definition) is 1. The van der Waals surface area contributed by atoms with Crippen molar-refractivity contribution in [2.24, 2.45) is 0 Å². The first-order chi connectivity index (χ1) is 7.65. The van der Waals surface area contributed by atoms with Crippen LogP contribution < -0.4 is 5.32 Å². The molecule has 0 radical (unpaired) electrons. The van der Waals surface area contributed by atoms with Crippen LogP contribution in [0, 0.1) is 6.92 Å². The van der Waals surface area contributed by atoms with E-state index in [2.05, 4.69) is 10.3 Å². The number of aromatic nitrogens is 1. The molecule has 0 aliphatic carbocycles. The molecule has 1 amide bonds. The Bertz CT molecular complexity index is 416. The van der Waals surface area contributed by atoms with E-state index in [4.69, 9.17) is 4.74 Å². The van der Waals surface area contributed by atoms with E-state index >= 15 is 0 Å². The predicted octanol–water partition coefficient (Wildman–Crippen LogP) is 0.887. The maximum atomic E-state index is 11.5. The highest BCUT2D eigenvalue weighted by Crippen LogP contribution is 2.11. The highest BCUT2D eigenvalue weighted by molar-refractivity contribution is 7.09. The predicted molar refractivity (Wildman–Crippen MR) is 58.3 cm³/mol. The molecule has 0 unspecified atom stereocenters. The van der Waals surface area contributed by atoms with Crippen LogP contribution in [0.25, 0.3) is 0 Å². The molecule has 1 N–H and O–H groups in total. The fourth-order valence-corrected chi connectivity index (χ4v) is 2.09. The van der Waals surface area contributed by atoms with Crippen LogP contribution >= 0.6 is 11.3 Å². The van der Waals surface area contributed by atoms with Crippen LogP contribution in [0.15, 0.2) is 5.38 Å². The lowest BCUT2D eigenvalue weighted by atomic mass is 10.2. The molecular formula is C10H12N2O3S. The fraction of sp³-hybridized carbons (Fsp3) is 0.500. The molecule has 1 aliphatic heterocycles. The summed E-state index contributed by atoms with van der Waals surface area (Å²) in [5.41, 5.74) is 0.340. The minimum Gasteiger partial charge on any atom is -0.459 e. The molecule has 1 aromatic heterocycles. The van der Waals surface area contributed by atoms with Crippen LogP contribution in [0.3, 0.4) is 0 Å². The van der Waals surface area contributed by atoms with Gasteiger partial charge in [-0.05, 0) is 13.3 Å². The molecule has 5 nitrogen and oxygen atoms in total. The van der Waals surface area contributed by atoms with Crippen molar-refractivity contribution in [2.75, 3.05) is 6.61 Å². The van der Waals surface area contributed by atoms with E-state index in [1.165, 1.54) is 11.3 Å². The van der Waals surface area contributed by atoms with E-state index in [9.17, 15) is 9.59 Å². The molecule has 1 atom stereocenters. The van der Waals surface area contributed by atoms with E-state index in [1.807, 2.05) is 6.92 Å². The first-order valence-electron chi connectivity index (χ1n) is 5.04. The van der Waals surface area contributed by atoms with Gasteiger partial charge in [-0.1, -0.05) is 0 Å². The average Bonchev–Trinajstić information content (AvgIpc) is 2.84. The fourth-order valence-electron chi connectivity index (χ4n) is 1.51. The van der Waals surface area contributed by atoms with Gasteiger partial charge in [0.15, 0.2) is 5.69 Å². The number of nitrogens with zero attached hydrogens (tertiary/aromatic N) is 1. The van der Waals surface area contributed by atoms with Crippen LogP contribution in [0.1, 0.15) is 28.3 Å². The molecule has 0 saturated carbocycles. The maximum Gasteiger partial charge on any atom is 0.357 e. The standard InChI is InChI=1S/C10H12N2O3S/c1-6-11-8(5-16-6)10(14)15-4-7-2-3-9(13)12-7/h5,7H,2-4H2,1H3,(H,12,13)/t7-/m1/s1. The third-order valence-corrected chi connectivity index (χ3v) is 3.10. The zero-order valence-corrected chi connectivity index (χ0v) is 9.67. The van der Waals surface area contributed by atoms with Crippen LogP contribution in [-0.4, -0.2) is 29.5 Å². The molecule has 0 spiro atoms. The molecule has 2 heterocycles. The van der Waals surface area contributed by atoms with Gasteiger partial charge in [0.25, 0.3) is 0 Å². The number of thiazole rings is 1. The Hall–Kier alpha value is -1.43. The quantitative estimate of drug-likeness (QED) is 0.797. The maximum absolute atomic E-state index is 11.5. The molecule has 1 saturated heterocycles. The number of ether oxygens (including phenoxy) is 1. The second-order valence-electron chi connectivity index (χ2n) is 3.65. The Labute approximate surface area is 96.8 Å². The first-order valence-corrected chi connectivity index (χ1v) is 5.92. The number of carbonyl (C=O) groups is 2. The second-order valence-corrected chi connectivity index (χ2v) is 4.72. The van der Waals surface area contributed by atoms with E-state index in [1.54, 1.807) is 5.38 Å². The molecule has 1 aromatic rings. The molecule has 1 aliphatic rings. The van der Waals surface area contributed by atoms with Gasteiger partial charge in [-0.25, -0.2) is 9.78 Å². The Balaban J connectivity index is 1.82. The van der Waals surface area contributed by atoms with Crippen LogP contribution in [0.2, 0.25) is 0 Å². The Morgan fingerprint density at radius 2 is 2.56 bits per heavy atom. The summed E-state index contributed by atoms with van der Waals surface area (Å²) >= 11 is 1.41. The van der Waals surface area contributed by atoms with Crippen molar-refractivity contribution < 1.29 is 14.3 Å². The molecule has 16 heavy (non-hydrogen) atoms. The summed E-state index contributed by atoms with van der Waals surface area (Å²) in [5, 5.41) is 5.24. The molecule has 6 heteroatoms. The van der Waals surface area contributed by atoms with Crippen LogP contribution in [-0.2, 0) is 9.53 Å². The molecule has 86 valence electrons. The number of hydrogen-bond acceptors (Lipinski definition) is 5. The van der Waals surface area contributed by atoms with Crippen molar-refractivity contribution in [3.05, 3.63) is 16.1 Å². The van der Waals surface area contributed by atoms with Crippen LogP contribution in [0.5, 0.6) is 0 Å². The minimum atomic E-state index is -0.425. The number of nitrogens with one attached hydrogen (secondary N) is 1. The van der Waals surface area contributed by atoms with Gasteiger partial charge < -0.3 is 10.1 Å². The van der Waals surface area contributed by atoms with E-state index in [-0.39, 0.29) is 18.6 Å². The van der Waals surface area contributed by atoms with Gasteiger partial charge >= 0.3 is 5.97 Å². The lowest BCUT2D eigenvalue weighted by Crippen LogP contribution is -2.30. The average molecular weight is 240 g/mol. The molecule has 0 aromatic carbocycles. The molecular weight excluding hydrogens is 228 g/mol. The lowest BCUT2D eigenvalue weighted by molar-refractivity contribution is -0.119. The van der Waals surface area contributed by atoms with Gasteiger partial charge in [-0.3, -0.25) is 4.79 Å². The van der Waals surface area contributed by atoms with Crippen molar-refractivity contribution in [3.8, 4) is 0 Å². The van der Waals surface area contributed by atoms with E-state index in [0.717, 1.165) is 11.4 Å². The summed E-state index contributed by atoms with van der Waals surface area (Å²) in [4.78, 5) is 26.4. The summed E-state index contributed by atoms with van der Waals surface area (Å²) < 4.78 is 5.06. The van der Waals surface area contributed by atoms with Gasteiger partial charge in [-0.15, -0.1) is 11.3 Å². The SMILES string of the molecule is Cc1nc(C(=O)OC[C@H]2CCC(=O)N2)cs1. The van der Waals surface area contributed by atoms with Crippen LogP contribution in [0.4, 0.5) is 0 Å². The summed E-state index contributed by atoms with van der Waals surface area (Å²) in [6.45, 7) is 2.06. The zero-order chi connectivity index (χ0) is 11.5. The van der Waals surface area contributed by atoms with E-state index < -0.39 is 5.97 Å².